The molecule has 0 aliphatic heterocycles. The van der Waals surface area contributed by atoms with Crippen molar-refractivity contribution in [3.63, 3.8) is 0 Å². The van der Waals surface area contributed by atoms with Gasteiger partial charge < -0.3 is 9.47 Å². The summed E-state index contributed by atoms with van der Waals surface area (Å²) in [6.07, 6.45) is 15.1. The van der Waals surface area contributed by atoms with Crippen molar-refractivity contribution in [3.05, 3.63) is 71.2 Å². The molecule has 4 nitrogen and oxygen atoms in total. The summed E-state index contributed by atoms with van der Waals surface area (Å²) in [6, 6.07) is 22.5. The maximum Gasteiger partial charge on any atom is 0.119 e. The third kappa shape index (κ3) is 9.56. The van der Waals surface area contributed by atoms with Crippen molar-refractivity contribution in [2.24, 2.45) is 0 Å². The Morgan fingerprint density at radius 3 is 1.51 bits per heavy atom. The van der Waals surface area contributed by atoms with Crippen LogP contribution in [-0.2, 0) is 0 Å². The second-order valence-electron chi connectivity index (χ2n) is 10.8. The van der Waals surface area contributed by atoms with Crippen LogP contribution >= 0.6 is 15.9 Å². The Labute approximate surface area is 255 Å². The van der Waals surface area contributed by atoms with E-state index in [0.29, 0.717) is 0 Å². The Balaban J connectivity index is 1.46. The molecule has 0 saturated carbocycles. The van der Waals surface area contributed by atoms with Crippen LogP contribution in [0.3, 0.4) is 0 Å². The summed E-state index contributed by atoms with van der Waals surface area (Å²) in [7, 11) is 0. The monoisotopic (exact) mass is 616 g/mol. The number of hydrogen-bond donors (Lipinski definition) is 0. The van der Waals surface area contributed by atoms with Crippen molar-refractivity contribution in [2.75, 3.05) is 13.2 Å². The predicted octanol–water partition coefficient (Wildman–Crippen LogP) is 11.2. The minimum Gasteiger partial charge on any atom is -0.494 e. The second kappa shape index (κ2) is 17.1. The highest BCUT2D eigenvalue weighted by atomic mass is 79.9. The maximum atomic E-state index is 6.03. The van der Waals surface area contributed by atoms with E-state index >= 15 is 0 Å². The zero-order chi connectivity index (χ0) is 28.7. The number of benzene rings is 3. The highest BCUT2D eigenvalue weighted by Gasteiger charge is 2.15. The van der Waals surface area contributed by atoms with E-state index in [2.05, 4.69) is 54.0 Å². The molecule has 41 heavy (non-hydrogen) atoms. The molecular formula is C36H45BrN2O2. The number of halogens is 1. The van der Waals surface area contributed by atoms with Crippen molar-refractivity contribution in [2.45, 2.75) is 90.9 Å². The van der Waals surface area contributed by atoms with Crippen molar-refractivity contribution in [1.29, 1.82) is 0 Å². The number of ether oxygens (including phenoxy) is 2. The summed E-state index contributed by atoms with van der Waals surface area (Å²) in [5.41, 5.74) is 5.46. The van der Waals surface area contributed by atoms with E-state index in [-0.39, 0.29) is 0 Å². The lowest BCUT2D eigenvalue weighted by Crippen LogP contribution is -1.99. The van der Waals surface area contributed by atoms with Crippen LogP contribution in [0.1, 0.15) is 90.9 Å². The molecule has 3 aromatic carbocycles. The molecule has 1 aromatic heterocycles. The molecule has 0 aliphatic rings. The molecule has 0 spiro atoms. The van der Waals surface area contributed by atoms with Gasteiger partial charge in [0.15, 0.2) is 0 Å². The predicted molar refractivity (Wildman–Crippen MR) is 176 cm³/mol. The van der Waals surface area contributed by atoms with Crippen molar-refractivity contribution in [1.82, 2.24) is 9.97 Å². The number of rotatable bonds is 18. The van der Waals surface area contributed by atoms with E-state index in [1.807, 2.05) is 42.5 Å². The van der Waals surface area contributed by atoms with Gasteiger partial charge >= 0.3 is 0 Å². The van der Waals surface area contributed by atoms with Gasteiger partial charge in [-0.05, 0) is 89.4 Å². The van der Waals surface area contributed by atoms with Crippen LogP contribution in [-0.4, -0.2) is 23.2 Å². The summed E-state index contributed by atoms with van der Waals surface area (Å²) < 4.78 is 13.0. The van der Waals surface area contributed by atoms with Gasteiger partial charge in [0.1, 0.15) is 17.0 Å². The molecule has 218 valence electrons. The Morgan fingerprint density at radius 2 is 1.00 bits per heavy atom. The van der Waals surface area contributed by atoms with Gasteiger partial charge in [0.05, 0.1) is 30.1 Å². The number of unbranched alkanes of at least 4 members (excludes halogenated alkanes) is 10. The molecule has 0 bridgehead atoms. The second-order valence-corrected chi connectivity index (χ2v) is 11.7. The van der Waals surface area contributed by atoms with Crippen LogP contribution in [0.5, 0.6) is 11.5 Å². The van der Waals surface area contributed by atoms with Crippen LogP contribution in [0.25, 0.3) is 33.5 Å². The molecule has 0 atom stereocenters. The molecule has 0 N–H and O–H groups in total. The summed E-state index contributed by atoms with van der Waals surface area (Å²) in [6.45, 7) is 6.02. The summed E-state index contributed by atoms with van der Waals surface area (Å²) in [5, 5.41) is 0. The average Bonchev–Trinajstić information content (AvgIpc) is 3.00. The van der Waals surface area contributed by atoms with Crippen molar-refractivity contribution < 1.29 is 9.47 Å². The zero-order valence-corrected chi connectivity index (χ0v) is 26.4. The third-order valence-electron chi connectivity index (χ3n) is 7.43. The van der Waals surface area contributed by atoms with Crippen molar-refractivity contribution in [3.8, 4) is 34.0 Å². The van der Waals surface area contributed by atoms with Gasteiger partial charge in [-0.2, -0.15) is 0 Å². The minimum atomic E-state index is 0.757. The largest absolute Gasteiger partial charge is 0.494 e. The lowest BCUT2D eigenvalue weighted by Gasteiger charge is -2.13. The highest BCUT2D eigenvalue weighted by Crippen LogP contribution is 2.34. The molecule has 4 aromatic rings. The fourth-order valence-corrected chi connectivity index (χ4v) is 5.45. The molecule has 0 aliphatic carbocycles. The molecule has 0 unspecified atom stereocenters. The van der Waals surface area contributed by atoms with Gasteiger partial charge in [0.2, 0.25) is 0 Å². The molecular weight excluding hydrogens is 572 g/mol. The number of fused-ring (bicyclic) bond motifs is 1. The van der Waals surface area contributed by atoms with Gasteiger partial charge in [0.25, 0.3) is 0 Å². The number of aromatic nitrogens is 2. The molecule has 0 radical (unpaired) electrons. The maximum absolute atomic E-state index is 6.03. The van der Waals surface area contributed by atoms with Crippen LogP contribution in [0.2, 0.25) is 0 Å². The number of hydrogen-bond acceptors (Lipinski definition) is 4. The first-order valence-electron chi connectivity index (χ1n) is 15.6. The average molecular weight is 618 g/mol. The Kier molecular flexibility index (Phi) is 13.0. The first-order chi connectivity index (χ1) is 20.2. The van der Waals surface area contributed by atoms with Crippen LogP contribution < -0.4 is 9.47 Å². The van der Waals surface area contributed by atoms with E-state index in [0.717, 1.165) is 75.6 Å². The fourth-order valence-electron chi connectivity index (χ4n) is 5.01. The van der Waals surface area contributed by atoms with Gasteiger partial charge in [-0.3, -0.25) is 0 Å². The van der Waals surface area contributed by atoms with Gasteiger partial charge in [-0.1, -0.05) is 84.1 Å². The summed E-state index contributed by atoms with van der Waals surface area (Å²) in [4.78, 5) is 10.2. The van der Waals surface area contributed by atoms with Gasteiger partial charge in [0, 0.05) is 15.6 Å². The Morgan fingerprint density at radius 1 is 0.537 bits per heavy atom. The quantitative estimate of drug-likeness (QED) is 0.104. The minimum absolute atomic E-state index is 0.757. The molecule has 0 saturated heterocycles. The Hall–Kier alpha value is -2.92. The van der Waals surface area contributed by atoms with E-state index < -0.39 is 0 Å². The highest BCUT2D eigenvalue weighted by molar-refractivity contribution is 9.10. The summed E-state index contributed by atoms with van der Waals surface area (Å²) in [5.74, 6) is 1.79. The number of para-hydroxylation sites is 1. The van der Waals surface area contributed by atoms with E-state index in [1.54, 1.807) is 0 Å². The topological polar surface area (TPSA) is 44.2 Å². The first-order valence-corrected chi connectivity index (χ1v) is 16.4. The molecule has 1 heterocycles. The van der Waals surface area contributed by atoms with E-state index in [4.69, 9.17) is 19.4 Å². The van der Waals surface area contributed by atoms with Crippen LogP contribution in [0, 0.1) is 0 Å². The third-order valence-corrected chi connectivity index (χ3v) is 8.07. The smallest absolute Gasteiger partial charge is 0.119 e. The van der Waals surface area contributed by atoms with E-state index in [9.17, 15) is 0 Å². The Bertz CT molecular complexity index is 1320. The first kappa shape index (κ1) is 31.0. The van der Waals surface area contributed by atoms with Gasteiger partial charge in [-0.15, -0.1) is 0 Å². The summed E-state index contributed by atoms with van der Waals surface area (Å²) >= 11 is 3.67. The van der Waals surface area contributed by atoms with Crippen LogP contribution in [0.15, 0.2) is 71.2 Å². The standard InChI is InChI=1S/C36H45BrN2O2/c1-3-5-7-9-11-13-26-40-30-22-18-28(19-23-30)34-35(39-36-32(37)16-15-17-33(36)38-34)29-20-24-31(25-21-29)41-27-14-12-10-8-6-4-2/h15-25H,3-14,26-27H2,1-2H3. The SMILES string of the molecule is CCCCCCCCOc1ccc(-c2nc3cccc(Br)c3nc2-c2ccc(OCCCCCCCC)cc2)cc1. The number of nitrogens with zero attached hydrogens (tertiary/aromatic N) is 2. The van der Waals surface area contributed by atoms with E-state index in [1.165, 1.54) is 64.2 Å². The van der Waals surface area contributed by atoms with Crippen molar-refractivity contribution >= 4 is 27.0 Å². The molecule has 5 heteroatoms. The normalized spacial score (nSPS) is 11.2. The lowest BCUT2D eigenvalue weighted by atomic mass is 10.0. The lowest BCUT2D eigenvalue weighted by molar-refractivity contribution is 0.304. The van der Waals surface area contributed by atoms with Crippen LogP contribution in [0.4, 0.5) is 0 Å². The van der Waals surface area contributed by atoms with Gasteiger partial charge in [-0.25, -0.2) is 9.97 Å². The molecule has 4 rings (SSSR count). The zero-order valence-electron chi connectivity index (χ0n) is 24.8. The molecule has 0 fully saturated rings. The molecule has 0 amide bonds. The fraction of sp³-hybridized carbons (Fsp3) is 0.444.